The van der Waals surface area contributed by atoms with Gasteiger partial charge in [0.05, 0.1) is 11.3 Å². The standard InChI is InChI=1S/C16H12N5O.Ir/c1-10-4-3-5-11(2)15(10)21-16(18-19-20-21)12-6-7-14-13(8-12)17-9-22-14;/h3-5,7-9H,1-2H3;/q-1;. The van der Waals surface area contributed by atoms with Gasteiger partial charge in [-0.05, 0) is 35.4 Å². The van der Waals surface area contributed by atoms with Crippen molar-refractivity contribution >= 4 is 11.1 Å². The van der Waals surface area contributed by atoms with Crippen LogP contribution in [0.15, 0.2) is 41.1 Å². The molecule has 0 aliphatic heterocycles. The number of hydrogen-bond acceptors (Lipinski definition) is 5. The van der Waals surface area contributed by atoms with E-state index < -0.39 is 0 Å². The van der Waals surface area contributed by atoms with E-state index in [-0.39, 0.29) is 20.1 Å². The van der Waals surface area contributed by atoms with Gasteiger partial charge in [0.2, 0.25) is 0 Å². The van der Waals surface area contributed by atoms with Gasteiger partial charge in [0.15, 0.2) is 6.39 Å². The Morgan fingerprint density at radius 2 is 1.96 bits per heavy atom. The van der Waals surface area contributed by atoms with Crippen LogP contribution in [0.25, 0.3) is 28.2 Å². The molecule has 2 aromatic carbocycles. The number of nitrogens with zero attached hydrogens (tertiary/aromatic N) is 5. The first-order valence-electron chi connectivity index (χ1n) is 6.84. The Kier molecular flexibility index (Phi) is 4.07. The maximum Gasteiger partial charge on any atom is 0.169 e. The van der Waals surface area contributed by atoms with Crippen molar-refractivity contribution in [2.45, 2.75) is 13.8 Å². The number of benzene rings is 2. The van der Waals surface area contributed by atoms with E-state index in [1.807, 2.05) is 38.1 Å². The van der Waals surface area contributed by atoms with Gasteiger partial charge in [-0.15, -0.1) is 23.8 Å². The summed E-state index contributed by atoms with van der Waals surface area (Å²) >= 11 is 0. The first-order valence-corrected chi connectivity index (χ1v) is 6.84. The van der Waals surface area contributed by atoms with Gasteiger partial charge in [0.1, 0.15) is 5.82 Å². The van der Waals surface area contributed by atoms with Crippen molar-refractivity contribution in [2.24, 2.45) is 0 Å². The molecule has 7 heteroatoms. The molecule has 0 saturated heterocycles. The predicted molar refractivity (Wildman–Crippen MR) is 80.5 cm³/mol. The van der Waals surface area contributed by atoms with E-state index in [2.05, 4.69) is 26.6 Å². The molecule has 4 rings (SSSR count). The van der Waals surface area contributed by atoms with Crippen LogP contribution in [-0.4, -0.2) is 25.2 Å². The summed E-state index contributed by atoms with van der Waals surface area (Å²) in [5.74, 6) is 0.627. The third kappa shape index (κ3) is 2.58. The smallest absolute Gasteiger partial charge is 0.169 e. The third-order valence-corrected chi connectivity index (χ3v) is 3.63. The van der Waals surface area contributed by atoms with Gasteiger partial charge < -0.3 is 4.42 Å². The van der Waals surface area contributed by atoms with E-state index in [1.165, 1.54) is 6.39 Å². The zero-order valence-electron chi connectivity index (χ0n) is 12.4. The first-order chi connectivity index (χ1) is 10.7. The average molecular weight is 483 g/mol. The van der Waals surface area contributed by atoms with Gasteiger partial charge in [-0.1, -0.05) is 18.2 Å². The molecule has 2 aromatic heterocycles. The van der Waals surface area contributed by atoms with Crippen LogP contribution in [0.5, 0.6) is 0 Å². The van der Waals surface area contributed by atoms with E-state index in [4.69, 9.17) is 4.42 Å². The van der Waals surface area contributed by atoms with Gasteiger partial charge in [-0.2, -0.15) is 5.10 Å². The second-order valence-corrected chi connectivity index (χ2v) is 5.10. The normalized spacial score (nSPS) is 10.7. The topological polar surface area (TPSA) is 69.6 Å². The number of rotatable bonds is 2. The van der Waals surface area contributed by atoms with Gasteiger partial charge in [0, 0.05) is 25.6 Å². The number of oxazole rings is 1. The molecule has 6 nitrogen and oxygen atoms in total. The number of hydrogen-bond donors (Lipinski definition) is 0. The van der Waals surface area contributed by atoms with Crippen molar-refractivity contribution in [3.05, 3.63) is 53.9 Å². The number of tetrazole rings is 1. The molecule has 117 valence electrons. The summed E-state index contributed by atoms with van der Waals surface area (Å²) in [6, 6.07) is 12.9. The largest absolute Gasteiger partial charge is 0.490 e. The predicted octanol–water partition coefficient (Wildman–Crippen LogP) is 2.89. The first kappa shape index (κ1) is 15.5. The van der Waals surface area contributed by atoms with Crippen LogP contribution in [0.4, 0.5) is 0 Å². The number of aryl methyl sites for hydroxylation is 2. The minimum Gasteiger partial charge on any atom is -0.490 e. The molecular weight excluding hydrogens is 470 g/mol. The fraction of sp³-hybridized carbons (Fsp3) is 0.125. The SMILES string of the molecule is Cc1cccc(C)c1-n1nnnc1-c1[c-]cc2ocnc2c1.[Ir]. The van der Waals surface area contributed by atoms with Crippen LogP contribution >= 0.6 is 0 Å². The van der Waals surface area contributed by atoms with E-state index >= 15 is 0 Å². The minimum absolute atomic E-state index is 0. The summed E-state index contributed by atoms with van der Waals surface area (Å²) in [7, 11) is 0. The zero-order chi connectivity index (χ0) is 15.1. The molecule has 0 bridgehead atoms. The number of fused-ring (bicyclic) bond motifs is 1. The van der Waals surface area contributed by atoms with Crippen molar-refractivity contribution in [2.75, 3.05) is 0 Å². The third-order valence-electron chi connectivity index (χ3n) is 3.63. The van der Waals surface area contributed by atoms with Crippen LogP contribution in [0.3, 0.4) is 0 Å². The second-order valence-electron chi connectivity index (χ2n) is 5.10. The monoisotopic (exact) mass is 483 g/mol. The summed E-state index contributed by atoms with van der Waals surface area (Å²) in [4.78, 5) is 4.16. The molecule has 2 heterocycles. The maximum atomic E-state index is 5.24. The summed E-state index contributed by atoms with van der Waals surface area (Å²) in [5, 5.41) is 12.1. The Morgan fingerprint density at radius 1 is 1.17 bits per heavy atom. The Bertz CT molecular complexity index is 955. The van der Waals surface area contributed by atoms with E-state index in [9.17, 15) is 0 Å². The quantitative estimate of drug-likeness (QED) is 0.411. The molecule has 0 aliphatic carbocycles. The Hall–Kier alpha value is -2.37. The molecule has 0 fully saturated rings. The minimum atomic E-state index is 0. The van der Waals surface area contributed by atoms with Crippen LogP contribution in [-0.2, 0) is 20.1 Å². The summed E-state index contributed by atoms with van der Waals surface area (Å²) in [5.41, 5.74) is 5.41. The van der Waals surface area contributed by atoms with Crippen molar-refractivity contribution in [3.8, 4) is 17.1 Å². The van der Waals surface area contributed by atoms with Gasteiger partial charge >= 0.3 is 0 Å². The van der Waals surface area contributed by atoms with Crippen LogP contribution in [0.1, 0.15) is 11.1 Å². The fourth-order valence-corrected chi connectivity index (χ4v) is 2.58. The Balaban J connectivity index is 0.00000156. The number of para-hydroxylation sites is 1. The van der Waals surface area contributed by atoms with Gasteiger partial charge in [0.25, 0.3) is 0 Å². The molecule has 0 atom stereocenters. The van der Waals surface area contributed by atoms with Crippen LogP contribution < -0.4 is 0 Å². The molecule has 0 unspecified atom stereocenters. The van der Waals surface area contributed by atoms with Gasteiger partial charge in [-0.3, -0.25) is 0 Å². The molecule has 23 heavy (non-hydrogen) atoms. The second kappa shape index (κ2) is 6.02. The fourth-order valence-electron chi connectivity index (χ4n) is 2.58. The van der Waals surface area contributed by atoms with E-state index in [0.29, 0.717) is 11.4 Å². The Morgan fingerprint density at radius 3 is 2.74 bits per heavy atom. The molecule has 0 saturated carbocycles. The molecule has 1 radical (unpaired) electrons. The van der Waals surface area contributed by atoms with Crippen molar-refractivity contribution in [3.63, 3.8) is 0 Å². The van der Waals surface area contributed by atoms with Crippen LogP contribution in [0.2, 0.25) is 0 Å². The van der Waals surface area contributed by atoms with Crippen molar-refractivity contribution in [1.82, 2.24) is 25.2 Å². The van der Waals surface area contributed by atoms with E-state index in [1.54, 1.807) is 10.7 Å². The zero-order valence-corrected chi connectivity index (χ0v) is 14.8. The van der Waals surface area contributed by atoms with Crippen molar-refractivity contribution < 1.29 is 24.5 Å². The molecular formula is C16H12IrN5O-. The van der Waals surface area contributed by atoms with E-state index in [0.717, 1.165) is 27.9 Å². The number of aromatic nitrogens is 5. The Labute approximate surface area is 145 Å². The molecule has 0 N–H and O–H groups in total. The maximum absolute atomic E-state index is 5.24. The molecule has 4 aromatic rings. The van der Waals surface area contributed by atoms with Gasteiger partial charge in [-0.25, -0.2) is 9.67 Å². The van der Waals surface area contributed by atoms with Crippen LogP contribution in [0, 0.1) is 19.9 Å². The molecule has 0 amide bonds. The average Bonchev–Trinajstić information content (AvgIpc) is 3.15. The van der Waals surface area contributed by atoms with Crippen molar-refractivity contribution in [1.29, 1.82) is 0 Å². The summed E-state index contributed by atoms with van der Waals surface area (Å²) in [6.45, 7) is 4.08. The summed E-state index contributed by atoms with van der Waals surface area (Å²) in [6.07, 6.45) is 1.41. The summed E-state index contributed by atoms with van der Waals surface area (Å²) < 4.78 is 6.98. The molecule has 0 aliphatic rings. The molecule has 0 spiro atoms.